The fourth-order valence-electron chi connectivity index (χ4n) is 6.22. The van der Waals surface area contributed by atoms with Gasteiger partial charge in [-0.15, -0.1) is 0 Å². The van der Waals surface area contributed by atoms with Gasteiger partial charge in [0.1, 0.15) is 17.5 Å². The van der Waals surface area contributed by atoms with Gasteiger partial charge in [-0.2, -0.15) is 0 Å². The van der Waals surface area contributed by atoms with Gasteiger partial charge < -0.3 is 15.2 Å². The van der Waals surface area contributed by atoms with Crippen molar-refractivity contribution in [2.75, 3.05) is 0 Å². The smallest absolute Gasteiger partial charge is 0.326 e. The number of nitrogens with zero attached hydrogens (tertiary/aromatic N) is 1. The topological polar surface area (TPSA) is 88.5 Å². The number of carboxylic acids is 1. The molecule has 1 heterocycles. The molecule has 2 aliphatic carbocycles. The minimum Gasteiger partial charge on any atom is -0.490 e. The quantitative estimate of drug-likeness (QED) is 0.402. The van der Waals surface area contributed by atoms with E-state index in [0.717, 1.165) is 47.4 Å². The maximum atomic E-state index is 13.2. The molecule has 6 nitrogen and oxygen atoms in total. The molecule has 0 bridgehead atoms. The van der Waals surface area contributed by atoms with Gasteiger partial charge in [-0.05, 0) is 78.4 Å². The van der Waals surface area contributed by atoms with Crippen LogP contribution < -0.4 is 10.1 Å². The fraction of sp³-hybridized carbons (Fsp3) is 0.656. The molecular formula is C32H46N2O4. The van der Waals surface area contributed by atoms with Crippen molar-refractivity contribution in [2.45, 2.75) is 111 Å². The Morgan fingerprint density at radius 2 is 1.66 bits per heavy atom. The van der Waals surface area contributed by atoms with Crippen LogP contribution in [-0.4, -0.2) is 34.1 Å². The van der Waals surface area contributed by atoms with Crippen LogP contribution >= 0.6 is 0 Å². The summed E-state index contributed by atoms with van der Waals surface area (Å²) in [7, 11) is 0. The van der Waals surface area contributed by atoms with Gasteiger partial charge in [0.15, 0.2) is 0 Å². The summed E-state index contributed by atoms with van der Waals surface area (Å²) in [5.41, 5.74) is 0.901. The van der Waals surface area contributed by atoms with E-state index < -0.39 is 23.3 Å². The Labute approximate surface area is 227 Å². The molecular weight excluding hydrogens is 476 g/mol. The average molecular weight is 523 g/mol. The Morgan fingerprint density at radius 1 is 1.00 bits per heavy atom. The maximum absolute atomic E-state index is 13.2. The normalized spacial score (nSPS) is 21.8. The van der Waals surface area contributed by atoms with Crippen molar-refractivity contribution >= 4 is 22.6 Å². The second-order valence-corrected chi connectivity index (χ2v) is 13.8. The van der Waals surface area contributed by atoms with Crippen molar-refractivity contribution in [3.8, 4) is 5.75 Å². The molecule has 2 N–H and O–H groups in total. The molecule has 1 amide bonds. The van der Waals surface area contributed by atoms with E-state index in [-0.39, 0.29) is 11.8 Å². The van der Waals surface area contributed by atoms with E-state index in [9.17, 15) is 14.7 Å². The number of carbonyl (C=O) groups excluding carboxylic acids is 1. The largest absolute Gasteiger partial charge is 0.490 e. The first-order valence-electron chi connectivity index (χ1n) is 14.5. The van der Waals surface area contributed by atoms with E-state index in [1.165, 1.54) is 38.5 Å². The standard InChI is InChI=1S/C32H46N2O4/c1-31(2,3)22-12-15-23(16-13-22)38-24-14-11-21-18-27(29(35)34-28(30(36)37)32(4,5)6)33-26(25(21)19-24)17-20-9-7-8-10-20/h11,14,18-20,22-23,28H,7-10,12-13,15-17H2,1-6H3,(H,34,35)(H,36,37)/t22-,23-,28-/m1/s1. The minimum atomic E-state index is -1.05. The summed E-state index contributed by atoms with van der Waals surface area (Å²) in [5.74, 6) is 0.670. The first-order chi connectivity index (χ1) is 17.8. The van der Waals surface area contributed by atoms with Crippen LogP contribution in [0, 0.1) is 22.7 Å². The van der Waals surface area contributed by atoms with Crippen molar-refractivity contribution in [3.05, 3.63) is 35.7 Å². The number of ether oxygens (including phenoxy) is 1. The first kappa shape index (κ1) is 28.4. The second-order valence-electron chi connectivity index (χ2n) is 13.8. The summed E-state index contributed by atoms with van der Waals surface area (Å²) in [5, 5.41) is 14.4. The Hall–Kier alpha value is -2.63. The summed E-state index contributed by atoms with van der Waals surface area (Å²) >= 11 is 0. The van der Waals surface area contributed by atoms with Gasteiger partial charge in [-0.1, -0.05) is 73.3 Å². The highest BCUT2D eigenvalue weighted by Gasteiger charge is 2.34. The van der Waals surface area contributed by atoms with Crippen LogP contribution in [0.1, 0.15) is 109 Å². The summed E-state index contributed by atoms with van der Waals surface area (Å²) in [6.07, 6.45) is 10.4. The predicted molar refractivity (Wildman–Crippen MR) is 152 cm³/mol. The van der Waals surface area contributed by atoms with Crippen LogP contribution in [0.15, 0.2) is 24.3 Å². The van der Waals surface area contributed by atoms with Crippen molar-refractivity contribution in [1.82, 2.24) is 10.3 Å². The molecule has 0 saturated heterocycles. The van der Waals surface area contributed by atoms with Crippen molar-refractivity contribution in [1.29, 1.82) is 0 Å². The number of fused-ring (bicyclic) bond motifs is 1. The van der Waals surface area contributed by atoms with Crippen LogP contribution in [0.5, 0.6) is 5.75 Å². The Morgan fingerprint density at radius 3 is 2.24 bits per heavy atom. The van der Waals surface area contributed by atoms with Crippen LogP contribution in [-0.2, 0) is 11.2 Å². The third kappa shape index (κ3) is 6.86. The number of pyridine rings is 1. The van der Waals surface area contributed by atoms with E-state index in [4.69, 9.17) is 9.72 Å². The van der Waals surface area contributed by atoms with E-state index in [0.29, 0.717) is 11.3 Å². The van der Waals surface area contributed by atoms with E-state index in [1.54, 1.807) is 6.07 Å². The van der Waals surface area contributed by atoms with Crippen molar-refractivity contribution in [3.63, 3.8) is 0 Å². The molecule has 38 heavy (non-hydrogen) atoms. The van der Waals surface area contributed by atoms with Crippen molar-refractivity contribution < 1.29 is 19.4 Å². The zero-order valence-corrected chi connectivity index (χ0v) is 24.1. The Kier molecular flexibility index (Phi) is 8.39. The molecule has 4 rings (SSSR count). The highest BCUT2D eigenvalue weighted by molar-refractivity contribution is 5.99. The van der Waals surface area contributed by atoms with Gasteiger partial charge in [-0.25, -0.2) is 9.78 Å². The number of amides is 1. The number of aliphatic carboxylic acids is 1. The Bertz CT molecular complexity index is 1150. The zero-order chi connectivity index (χ0) is 27.7. The summed E-state index contributed by atoms with van der Waals surface area (Å²) in [6.45, 7) is 12.4. The highest BCUT2D eigenvalue weighted by Crippen LogP contribution is 2.39. The van der Waals surface area contributed by atoms with Gasteiger partial charge in [0, 0.05) is 11.1 Å². The molecule has 0 spiro atoms. The van der Waals surface area contributed by atoms with Crippen LogP contribution in [0.3, 0.4) is 0 Å². The van der Waals surface area contributed by atoms with Gasteiger partial charge in [0.2, 0.25) is 0 Å². The average Bonchev–Trinajstić information content (AvgIpc) is 3.34. The van der Waals surface area contributed by atoms with E-state index in [2.05, 4.69) is 32.2 Å². The molecule has 1 aromatic carbocycles. The summed E-state index contributed by atoms with van der Waals surface area (Å²) in [4.78, 5) is 29.9. The highest BCUT2D eigenvalue weighted by atomic mass is 16.5. The number of aromatic nitrogens is 1. The monoisotopic (exact) mass is 522 g/mol. The second kappa shape index (κ2) is 11.2. The molecule has 0 radical (unpaired) electrons. The third-order valence-corrected chi connectivity index (χ3v) is 8.66. The minimum absolute atomic E-state index is 0.229. The van der Waals surface area contributed by atoms with E-state index >= 15 is 0 Å². The molecule has 2 aromatic rings. The lowest BCUT2D eigenvalue weighted by Crippen LogP contribution is -2.49. The molecule has 0 unspecified atom stereocenters. The number of nitrogens with one attached hydrogen (secondary N) is 1. The molecule has 1 atom stereocenters. The van der Waals surface area contributed by atoms with E-state index in [1.807, 2.05) is 32.9 Å². The molecule has 208 valence electrons. The number of benzene rings is 1. The van der Waals surface area contributed by atoms with Gasteiger partial charge >= 0.3 is 5.97 Å². The van der Waals surface area contributed by atoms with Gasteiger partial charge in [-0.3, -0.25) is 4.79 Å². The lowest BCUT2D eigenvalue weighted by atomic mass is 9.72. The number of carboxylic acid groups (broad SMARTS) is 1. The van der Waals surface area contributed by atoms with Crippen LogP contribution in [0.4, 0.5) is 0 Å². The van der Waals surface area contributed by atoms with Crippen LogP contribution in [0.2, 0.25) is 0 Å². The number of carbonyl (C=O) groups is 2. The Balaban J connectivity index is 1.59. The number of rotatable bonds is 7. The molecule has 2 saturated carbocycles. The molecule has 2 fully saturated rings. The SMILES string of the molecule is CC(C)(C)[C@H](NC(=O)c1cc2ccc(O[C@H]3CC[C@H](C(C)(C)C)CC3)cc2c(CC2CCCC2)n1)C(=O)O. The predicted octanol–water partition coefficient (Wildman–Crippen LogP) is 7.18. The summed E-state index contributed by atoms with van der Waals surface area (Å²) < 4.78 is 6.47. The van der Waals surface area contributed by atoms with Gasteiger partial charge in [0.05, 0.1) is 6.10 Å². The number of hydrogen-bond acceptors (Lipinski definition) is 4. The molecule has 0 aliphatic heterocycles. The van der Waals surface area contributed by atoms with Crippen LogP contribution in [0.25, 0.3) is 10.8 Å². The van der Waals surface area contributed by atoms with Gasteiger partial charge in [0.25, 0.3) is 5.91 Å². The lowest BCUT2D eigenvalue weighted by Gasteiger charge is -2.37. The molecule has 6 heteroatoms. The van der Waals surface area contributed by atoms with Crippen molar-refractivity contribution in [2.24, 2.45) is 22.7 Å². The zero-order valence-electron chi connectivity index (χ0n) is 24.1. The number of hydrogen-bond donors (Lipinski definition) is 2. The fourth-order valence-corrected chi connectivity index (χ4v) is 6.22. The maximum Gasteiger partial charge on any atom is 0.326 e. The molecule has 1 aromatic heterocycles. The summed E-state index contributed by atoms with van der Waals surface area (Å²) in [6, 6.07) is 6.88. The lowest BCUT2D eigenvalue weighted by molar-refractivity contribution is -0.142. The molecule has 2 aliphatic rings. The first-order valence-corrected chi connectivity index (χ1v) is 14.5. The third-order valence-electron chi connectivity index (χ3n) is 8.66.